The van der Waals surface area contributed by atoms with Crippen LogP contribution >= 0.6 is 12.4 Å². The van der Waals surface area contributed by atoms with Crippen molar-refractivity contribution in [3.05, 3.63) is 29.8 Å². The summed E-state index contributed by atoms with van der Waals surface area (Å²) in [5, 5.41) is 3.07. The smallest absolute Gasteiger partial charge is 0.263 e. The van der Waals surface area contributed by atoms with Crippen LogP contribution in [-0.2, 0) is 4.79 Å². The van der Waals surface area contributed by atoms with E-state index in [9.17, 15) is 13.6 Å². The van der Waals surface area contributed by atoms with Gasteiger partial charge in [-0.05, 0) is 38.9 Å². The number of rotatable bonds is 5. The molecule has 2 atom stereocenters. The Morgan fingerprint density at radius 2 is 2.18 bits per heavy atom. The van der Waals surface area contributed by atoms with Gasteiger partial charge >= 0.3 is 0 Å². The summed E-state index contributed by atoms with van der Waals surface area (Å²) in [4.78, 5) is 14.2. The molecule has 0 saturated carbocycles. The number of nitrogens with zero attached hydrogens (tertiary/aromatic N) is 1. The fourth-order valence-corrected chi connectivity index (χ4v) is 2.61. The zero-order valence-electron chi connectivity index (χ0n) is 12.6. The number of ether oxygens (including phenoxy) is 1. The number of likely N-dealkylation sites (N-methyl/N-ethyl adjacent to an activating group) is 1. The highest BCUT2D eigenvalue weighted by Gasteiger charge is 2.31. The lowest BCUT2D eigenvalue weighted by atomic mass is 10.2. The normalized spacial score (nSPS) is 18.7. The van der Waals surface area contributed by atoms with Gasteiger partial charge in [-0.2, -0.15) is 0 Å². The van der Waals surface area contributed by atoms with E-state index in [1.54, 1.807) is 11.8 Å². The molecule has 7 heteroatoms. The highest BCUT2D eigenvalue weighted by molar-refractivity contribution is 5.85. The van der Waals surface area contributed by atoms with Crippen LogP contribution in [-0.4, -0.2) is 43.1 Å². The van der Waals surface area contributed by atoms with Crippen molar-refractivity contribution in [1.29, 1.82) is 0 Å². The maximum atomic E-state index is 13.1. The molecule has 1 aliphatic rings. The number of amides is 1. The van der Waals surface area contributed by atoms with Crippen LogP contribution in [0.1, 0.15) is 19.8 Å². The standard InChI is InChI=1S/C15H20F2N2O2.ClH/c1-10(21-12-5-6-13(16)14(17)8-12)15(20)19-7-3-4-11(19)9-18-2;/h5-6,8,10-11,18H,3-4,7,9H2,1-2H3;1H. The molecule has 1 aromatic rings. The molecule has 1 N–H and O–H groups in total. The fourth-order valence-electron chi connectivity index (χ4n) is 2.61. The van der Waals surface area contributed by atoms with Crippen molar-refractivity contribution in [3.8, 4) is 5.75 Å². The second-order valence-corrected chi connectivity index (χ2v) is 5.22. The molecule has 1 saturated heterocycles. The molecule has 124 valence electrons. The molecule has 22 heavy (non-hydrogen) atoms. The van der Waals surface area contributed by atoms with Crippen LogP contribution in [0.4, 0.5) is 8.78 Å². The second kappa shape index (κ2) is 8.29. The van der Waals surface area contributed by atoms with E-state index in [1.807, 2.05) is 7.05 Å². The van der Waals surface area contributed by atoms with Gasteiger partial charge in [0.1, 0.15) is 5.75 Å². The third kappa shape index (κ3) is 4.30. The van der Waals surface area contributed by atoms with Gasteiger partial charge in [-0.15, -0.1) is 12.4 Å². The van der Waals surface area contributed by atoms with Crippen molar-refractivity contribution in [1.82, 2.24) is 10.2 Å². The predicted molar refractivity (Wildman–Crippen MR) is 82.4 cm³/mol. The quantitative estimate of drug-likeness (QED) is 0.899. The topological polar surface area (TPSA) is 41.6 Å². The average molecular weight is 335 g/mol. The van der Waals surface area contributed by atoms with Gasteiger partial charge < -0.3 is 15.0 Å². The molecule has 2 rings (SSSR count). The lowest BCUT2D eigenvalue weighted by Crippen LogP contribution is -2.46. The molecule has 2 unspecified atom stereocenters. The average Bonchev–Trinajstić information content (AvgIpc) is 2.90. The van der Waals surface area contributed by atoms with Crippen molar-refractivity contribution in [2.45, 2.75) is 31.9 Å². The molecule has 0 aromatic heterocycles. The molecule has 1 amide bonds. The largest absolute Gasteiger partial charge is 0.481 e. The van der Waals surface area contributed by atoms with Gasteiger partial charge in [0.2, 0.25) is 0 Å². The summed E-state index contributed by atoms with van der Waals surface area (Å²) in [6, 6.07) is 3.42. The summed E-state index contributed by atoms with van der Waals surface area (Å²) in [5.74, 6) is -1.90. The monoisotopic (exact) mass is 334 g/mol. The van der Waals surface area contributed by atoms with Crippen molar-refractivity contribution in [2.24, 2.45) is 0 Å². The molecule has 1 fully saturated rings. The fraction of sp³-hybridized carbons (Fsp3) is 0.533. The predicted octanol–water partition coefficient (Wildman–Crippen LogP) is 2.36. The number of likely N-dealkylation sites (tertiary alicyclic amines) is 1. The van der Waals surface area contributed by atoms with E-state index >= 15 is 0 Å². The summed E-state index contributed by atoms with van der Waals surface area (Å²) >= 11 is 0. The van der Waals surface area contributed by atoms with Gasteiger partial charge in [-0.25, -0.2) is 8.78 Å². The van der Waals surface area contributed by atoms with E-state index in [4.69, 9.17) is 4.74 Å². The number of benzene rings is 1. The molecule has 0 spiro atoms. The minimum Gasteiger partial charge on any atom is -0.481 e. The zero-order chi connectivity index (χ0) is 15.4. The van der Waals surface area contributed by atoms with E-state index in [0.29, 0.717) is 6.54 Å². The van der Waals surface area contributed by atoms with Crippen LogP contribution in [0.5, 0.6) is 5.75 Å². The van der Waals surface area contributed by atoms with Crippen LogP contribution in [0.2, 0.25) is 0 Å². The number of hydrogen-bond acceptors (Lipinski definition) is 3. The third-order valence-corrected chi connectivity index (χ3v) is 3.65. The molecule has 0 aliphatic carbocycles. The van der Waals surface area contributed by atoms with Crippen LogP contribution in [0.15, 0.2) is 18.2 Å². The Hall–Kier alpha value is -1.40. The lowest BCUT2D eigenvalue weighted by molar-refractivity contribution is -0.138. The molecule has 4 nitrogen and oxygen atoms in total. The van der Waals surface area contributed by atoms with E-state index in [2.05, 4.69) is 5.32 Å². The maximum absolute atomic E-state index is 13.1. The van der Waals surface area contributed by atoms with E-state index < -0.39 is 17.7 Å². The highest BCUT2D eigenvalue weighted by Crippen LogP contribution is 2.21. The molecule has 1 heterocycles. The number of carbonyl (C=O) groups is 1. The SMILES string of the molecule is CNCC1CCCN1C(=O)C(C)Oc1ccc(F)c(F)c1.Cl. The zero-order valence-corrected chi connectivity index (χ0v) is 13.5. The molecular formula is C15H21ClF2N2O2. The van der Waals surface area contributed by atoms with Crippen LogP contribution in [0.25, 0.3) is 0 Å². The van der Waals surface area contributed by atoms with Gasteiger partial charge in [0.25, 0.3) is 5.91 Å². The molecular weight excluding hydrogens is 314 g/mol. The van der Waals surface area contributed by atoms with Gasteiger partial charge in [0.15, 0.2) is 17.7 Å². The number of halogens is 3. The van der Waals surface area contributed by atoms with E-state index in [1.165, 1.54) is 6.07 Å². The number of nitrogens with one attached hydrogen (secondary N) is 1. The highest BCUT2D eigenvalue weighted by atomic mass is 35.5. The van der Waals surface area contributed by atoms with E-state index in [0.717, 1.165) is 31.5 Å². The second-order valence-electron chi connectivity index (χ2n) is 5.22. The summed E-state index contributed by atoms with van der Waals surface area (Å²) in [5.41, 5.74) is 0. The number of hydrogen-bond donors (Lipinski definition) is 1. The van der Waals surface area contributed by atoms with Gasteiger partial charge in [0.05, 0.1) is 0 Å². The third-order valence-electron chi connectivity index (χ3n) is 3.65. The summed E-state index contributed by atoms with van der Waals surface area (Å²) in [7, 11) is 1.85. The first-order valence-corrected chi connectivity index (χ1v) is 7.09. The first-order valence-electron chi connectivity index (χ1n) is 7.09. The van der Waals surface area contributed by atoms with Gasteiger partial charge in [0, 0.05) is 25.2 Å². The first-order chi connectivity index (χ1) is 10.0. The van der Waals surface area contributed by atoms with E-state index in [-0.39, 0.29) is 30.1 Å². The van der Waals surface area contributed by atoms with Crippen LogP contribution < -0.4 is 10.1 Å². The summed E-state index contributed by atoms with van der Waals surface area (Å²) in [6.07, 6.45) is 1.20. The van der Waals surface area contributed by atoms with Crippen molar-refractivity contribution < 1.29 is 18.3 Å². The maximum Gasteiger partial charge on any atom is 0.263 e. The lowest BCUT2D eigenvalue weighted by Gasteiger charge is -2.27. The van der Waals surface area contributed by atoms with Crippen molar-refractivity contribution in [2.75, 3.05) is 20.1 Å². The Kier molecular flexibility index (Phi) is 7.03. The van der Waals surface area contributed by atoms with Gasteiger partial charge in [-0.1, -0.05) is 0 Å². The Bertz CT molecular complexity index is 516. The minimum absolute atomic E-state index is 0. The molecule has 1 aliphatic heterocycles. The number of carbonyl (C=O) groups excluding carboxylic acids is 1. The van der Waals surface area contributed by atoms with Crippen LogP contribution in [0, 0.1) is 11.6 Å². The molecule has 1 aromatic carbocycles. The minimum atomic E-state index is -0.985. The Morgan fingerprint density at radius 1 is 1.45 bits per heavy atom. The Morgan fingerprint density at radius 3 is 2.82 bits per heavy atom. The summed E-state index contributed by atoms with van der Waals surface area (Å²) in [6.45, 7) is 3.07. The van der Waals surface area contributed by atoms with Gasteiger partial charge in [-0.3, -0.25) is 4.79 Å². The van der Waals surface area contributed by atoms with Crippen LogP contribution in [0.3, 0.4) is 0 Å². The summed E-state index contributed by atoms with van der Waals surface area (Å²) < 4.78 is 31.4. The molecule has 0 bridgehead atoms. The van der Waals surface area contributed by atoms with Crippen molar-refractivity contribution >= 4 is 18.3 Å². The van der Waals surface area contributed by atoms with Crippen molar-refractivity contribution in [3.63, 3.8) is 0 Å². The Labute approximate surface area is 135 Å². The first kappa shape index (κ1) is 18.6. The Balaban J connectivity index is 0.00000242. The molecule has 0 radical (unpaired) electrons.